The average molecular weight is 674 g/mol. The van der Waals surface area contributed by atoms with Crippen molar-refractivity contribution in [3.8, 4) is 11.5 Å². The summed E-state index contributed by atoms with van der Waals surface area (Å²) in [5, 5.41) is 0.601. The summed E-state index contributed by atoms with van der Waals surface area (Å²) in [4.78, 5) is 31.8. The van der Waals surface area contributed by atoms with Gasteiger partial charge in [0.2, 0.25) is 0 Å². The molecule has 13 heteroatoms. The lowest BCUT2D eigenvalue weighted by Gasteiger charge is -2.30. The zero-order valence-corrected chi connectivity index (χ0v) is 26.4. The lowest BCUT2D eigenvalue weighted by atomic mass is 9.81. The molecule has 9 nitrogen and oxygen atoms in total. The number of benzene rings is 3. The molecule has 1 aliphatic carbocycles. The minimum Gasteiger partial charge on any atom is -0.456 e. The predicted molar refractivity (Wildman–Crippen MR) is 169 cm³/mol. The first-order chi connectivity index (χ1) is 21.6. The van der Waals surface area contributed by atoms with Gasteiger partial charge in [-0.2, -0.15) is 0 Å². The fraction of sp³-hybridized carbons (Fsp3) is 0.312. The van der Waals surface area contributed by atoms with E-state index in [4.69, 9.17) is 33.7 Å². The zero-order chi connectivity index (χ0) is 31.9. The summed E-state index contributed by atoms with van der Waals surface area (Å²) in [7, 11) is -4.56. The van der Waals surface area contributed by atoms with Crippen LogP contribution in [0.15, 0.2) is 71.8 Å². The molecule has 45 heavy (non-hydrogen) atoms. The number of para-hydroxylation sites is 1. The Morgan fingerprint density at radius 1 is 1.00 bits per heavy atom. The fourth-order valence-electron chi connectivity index (χ4n) is 6.29. The number of carbonyl (C=O) groups excluding carboxylic acids is 2. The number of aromatic nitrogens is 1. The highest BCUT2D eigenvalue weighted by molar-refractivity contribution is 7.89. The molecule has 236 valence electrons. The molecule has 4 aromatic rings. The summed E-state index contributed by atoms with van der Waals surface area (Å²) in [6, 6.07) is 12.8. The van der Waals surface area contributed by atoms with Crippen LogP contribution in [0.4, 0.5) is 9.18 Å². The van der Waals surface area contributed by atoms with Crippen molar-refractivity contribution in [1.29, 1.82) is 0 Å². The number of sulfonamides is 1. The van der Waals surface area contributed by atoms with Gasteiger partial charge in [0, 0.05) is 36.1 Å². The number of halogens is 3. The Morgan fingerprint density at radius 2 is 1.78 bits per heavy atom. The number of urea groups is 1. The second-order valence-electron chi connectivity index (χ2n) is 11.5. The molecule has 3 aromatic carbocycles. The average Bonchev–Trinajstić information content (AvgIpc) is 3.54. The third-order valence-corrected chi connectivity index (χ3v) is 10.9. The number of nitrogens with one attached hydrogen (secondary N) is 1. The highest BCUT2D eigenvalue weighted by Gasteiger charge is 2.52. The SMILES string of the molecule is NCC1CCCC(CN2C(=O)C(Cc3c[nH]c4ccccc34)N(S(=O)(=O)c3ccc(Oc4ccc(F)c(Cl)c4)c(Cl)c3)C2=O)C1. The first-order valence-electron chi connectivity index (χ1n) is 14.6. The van der Waals surface area contributed by atoms with Crippen LogP contribution in [0.1, 0.15) is 31.2 Å². The number of imide groups is 1. The van der Waals surface area contributed by atoms with Crippen molar-refractivity contribution in [2.75, 3.05) is 13.1 Å². The molecule has 0 spiro atoms. The molecule has 3 amide bonds. The molecule has 0 radical (unpaired) electrons. The molecule has 2 heterocycles. The van der Waals surface area contributed by atoms with Gasteiger partial charge in [0.15, 0.2) is 0 Å². The third kappa shape index (κ3) is 6.14. The van der Waals surface area contributed by atoms with Crippen molar-refractivity contribution in [1.82, 2.24) is 14.2 Å². The minimum atomic E-state index is -4.56. The number of hydrogen-bond acceptors (Lipinski definition) is 6. The normalized spacial score (nSPS) is 20.8. The third-order valence-electron chi connectivity index (χ3n) is 8.59. The molecule has 1 aromatic heterocycles. The monoisotopic (exact) mass is 672 g/mol. The van der Waals surface area contributed by atoms with E-state index in [1.165, 1.54) is 24.3 Å². The van der Waals surface area contributed by atoms with Gasteiger partial charge in [0.05, 0.1) is 14.9 Å². The van der Waals surface area contributed by atoms with Gasteiger partial charge < -0.3 is 15.5 Å². The van der Waals surface area contributed by atoms with E-state index in [0.29, 0.717) is 22.3 Å². The Bertz CT molecular complexity index is 1880. The first-order valence-corrected chi connectivity index (χ1v) is 16.8. The second-order valence-corrected chi connectivity index (χ2v) is 14.1. The molecule has 3 atom stereocenters. The topological polar surface area (TPSA) is 126 Å². The maximum Gasteiger partial charge on any atom is 0.341 e. The highest BCUT2D eigenvalue weighted by atomic mass is 35.5. The van der Waals surface area contributed by atoms with Gasteiger partial charge in [-0.1, -0.05) is 47.8 Å². The zero-order valence-electron chi connectivity index (χ0n) is 24.1. The maximum absolute atomic E-state index is 14.2. The molecule has 2 fully saturated rings. The van der Waals surface area contributed by atoms with Crippen molar-refractivity contribution in [3.63, 3.8) is 0 Å². The van der Waals surface area contributed by atoms with Gasteiger partial charge in [-0.25, -0.2) is 21.9 Å². The second kappa shape index (κ2) is 12.6. The van der Waals surface area contributed by atoms with Crippen LogP contribution in [0.2, 0.25) is 10.0 Å². The Hall–Kier alpha value is -3.64. The number of H-pyrrole nitrogens is 1. The van der Waals surface area contributed by atoms with E-state index in [9.17, 15) is 22.4 Å². The van der Waals surface area contributed by atoms with E-state index >= 15 is 0 Å². The lowest BCUT2D eigenvalue weighted by molar-refractivity contribution is -0.128. The van der Waals surface area contributed by atoms with Crippen molar-refractivity contribution >= 4 is 56.1 Å². The van der Waals surface area contributed by atoms with Crippen LogP contribution in [-0.2, 0) is 21.2 Å². The molecule has 6 rings (SSSR count). The number of hydrogen-bond donors (Lipinski definition) is 2. The van der Waals surface area contributed by atoms with Crippen LogP contribution in [0.5, 0.6) is 11.5 Å². The van der Waals surface area contributed by atoms with Crippen LogP contribution in [0, 0.1) is 17.7 Å². The van der Waals surface area contributed by atoms with Crippen LogP contribution in [0.25, 0.3) is 10.9 Å². The maximum atomic E-state index is 14.2. The molecule has 3 N–H and O–H groups in total. The largest absolute Gasteiger partial charge is 0.456 e. The molecule has 0 bridgehead atoms. The molecule has 1 aliphatic heterocycles. The summed E-state index contributed by atoms with van der Waals surface area (Å²) >= 11 is 12.3. The van der Waals surface area contributed by atoms with E-state index in [-0.39, 0.29) is 45.3 Å². The molecular weight excluding hydrogens is 642 g/mol. The number of fused-ring (bicyclic) bond motifs is 1. The summed E-state index contributed by atoms with van der Waals surface area (Å²) in [5.41, 5.74) is 7.45. The number of nitrogens with two attached hydrogens (primary N) is 1. The van der Waals surface area contributed by atoms with Gasteiger partial charge in [-0.05, 0) is 79.6 Å². The quantitative estimate of drug-likeness (QED) is 0.190. The Labute approximate surface area is 270 Å². The van der Waals surface area contributed by atoms with Crippen LogP contribution in [-0.4, -0.2) is 53.7 Å². The Kier molecular flexibility index (Phi) is 8.80. The molecule has 3 unspecified atom stereocenters. The van der Waals surface area contributed by atoms with Crippen molar-refractivity contribution in [2.45, 2.75) is 43.0 Å². The van der Waals surface area contributed by atoms with E-state index < -0.39 is 33.8 Å². The fourth-order valence-corrected chi connectivity index (χ4v) is 8.28. The summed E-state index contributed by atoms with van der Waals surface area (Å²) in [6.45, 7) is 0.648. The molecule has 2 aliphatic rings. The van der Waals surface area contributed by atoms with E-state index in [1.54, 1.807) is 6.20 Å². The van der Waals surface area contributed by atoms with Crippen LogP contribution in [0.3, 0.4) is 0 Å². The molecular formula is C32H31Cl2FN4O5S. The van der Waals surface area contributed by atoms with Gasteiger partial charge in [0.25, 0.3) is 15.9 Å². The Balaban J connectivity index is 1.33. The molecule has 1 saturated heterocycles. The standard InChI is InChI=1S/C32H31Cl2FN4O5S/c33-25-14-22(8-10-27(25)35)44-30-11-9-23(15-26(30)34)45(42,43)39-29(13-21-17-37-28-7-2-1-6-24(21)28)31(40)38(32(39)41)18-20-5-3-4-19(12-20)16-36/h1-2,6-11,14-15,17,19-20,29,37H,3-5,12-13,16,18,36H2. The number of rotatable bonds is 9. The summed E-state index contributed by atoms with van der Waals surface area (Å²) in [5.74, 6) is -0.586. The van der Waals surface area contributed by atoms with Crippen molar-refractivity contribution < 1.29 is 27.1 Å². The smallest absolute Gasteiger partial charge is 0.341 e. The van der Waals surface area contributed by atoms with Crippen molar-refractivity contribution in [3.05, 3.63) is 88.3 Å². The van der Waals surface area contributed by atoms with Crippen LogP contribution < -0.4 is 10.5 Å². The van der Waals surface area contributed by atoms with Gasteiger partial charge in [0.1, 0.15) is 23.4 Å². The van der Waals surface area contributed by atoms with Crippen LogP contribution >= 0.6 is 23.2 Å². The summed E-state index contributed by atoms with van der Waals surface area (Å²) in [6.07, 6.45) is 5.23. The Morgan fingerprint density at radius 3 is 2.53 bits per heavy atom. The lowest BCUT2D eigenvalue weighted by Crippen LogP contribution is -2.41. The number of aromatic amines is 1. The van der Waals surface area contributed by atoms with Gasteiger partial charge >= 0.3 is 6.03 Å². The predicted octanol–water partition coefficient (Wildman–Crippen LogP) is 6.74. The first kappa shape index (κ1) is 31.3. The van der Waals surface area contributed by atoms with Gasteiger partial charge in [-0.3, -0.25) is 9.69 Å². The number of amides is 3. The van der Waals surface area contributed by atoms with E-state index in [2.05, 4.69) is 4.98 Å². The number of ether oxygens (including phenoxy) is 1. The van der Waals surface area contributed by atoms with E-state index in [1.807, 2.05) is 24.3 Å². The summed E-state index contributed by atoms with van der Waals surface area (Å²) < 4.78 is 48.3. The van der Waals surface area contributed by atoms with E-state index in [0.717, 1.165) is 53.6 Å². The van der Waals surface area contributed by atoms with Crippen molar-refractivity contribution in [2.24, 2.45) is 17.6 Å². The van der Waals surface area contributed by atoms with Gasteiger partial charge in [-0.15, -0.1) is 0 Å². The number of nitrogens with zero attached hydrogens (tertiary/aromatic N) is 2. The molecule has 1 saturated carbocycles. The number of carbonyl (C=O) groups is 2. The minimum absolute atomic E-state index is 0.0132. The highest BCUT2D eigenvalue weighted by Crippen LogP contribution is 2.37.